The van der Waals surface area contributed by atoms with E-state index in [1.165, 1.54) is 6.20 Å². The molecule has 5 nitrogen and oxygen atoms in total. The van der Waals surface area contributed by atoms with Crippen LogP contribution < -0.4 is 9.80 Å². The van der Waals surface area contributed by atoms with E-state index in [1.54, 1.807) is 17.3 Å². The van der Waals surface area contributed by atoms with Crippen LogP contribution in [0.1, 0.15) is 24.0 Å². The lowest BCUT2D eigenvalue weighted by atomic mass is 10.0. The van der Waals surface area contributed by atoms with Crippen LogP contribution in [0.5, 0.6) is 0 Å². The second kappa shape index (κ2) is 7.38. The van der Waals surface area contributed by atoms with Gasteiger partial charge in [0.15, 0.2) is 0 Å². The van der Waals surface area contributed by atoms with E-state index in [0.717, 1.165) is 11.6 Å². The number of nitrogens with zero attached hydrogens (tertiary/aromatic N) is 5. The molecule has 0 saturated carbocycles. The fraction of sp³-hybridized carbons (Fsp3) is 0.471. The number of hydrogen-bond donors (Lipinski definition) is 0. The molecule has 0 radical (unpaired) electrons. The largest absolute Gasteiger partial charge is 0.419 e. The minimum absolute atomic E-state index is 0.00612. The summed E-state index contributed by atoms with van der Waals surface area (Å²) >= 11 is 3.07. The smallest absolute Gasteiger partial charge is 0.356 e. The van der Waals surface area contributed by atoms with Crippen LogP contribution in [0, 0.1) is 6.92 Å². The molecule has 0 unspecified atom stereocenters. The van der Waals surface area contributed by atoms with Gasteiger partial charge in [0.25, 0.3) is 0 Å². The van der Waals surface area contributed by atoms with E-state index in [-0.39, 0.29) is 11.9 Å². The number of aryl methyl sites for hydroxylation is 1. The van der Waals surface area contributed by atoms with Gasteiger partial charge in [0.05, 0.1) is 5.56 Å². The van der Waals surface area contributed by atoms with E-state index in [9.17, 15) is 13.2 Å². The maximum Gasteiger partial charge on any atom is 0.419 e. The molecule has 3 rings (SSSR count). The quantitative estimate of drug-likeness (QED) is 0.735. The van der Waals surface area contributed by atoms with Gasteiger partial charge in [0.2, 0.25) is 5.95 Å². The van der Waals surface area contributed by atoms with Crippen molar-refractivity contribution >= 4 is 27.7 Å². The van der Waals surface area contributed by atoms with Gasteiger partial charge in [-0.15, -0.1) is 0 Å². The van der Waals surface area contributed by atoms with E-state index in [0.29, 0.717) is 36.4 Å². The summed E-state index contributed by atoms with van der Waals surface area (Å²) in [5, 5.41) is 0. The maximum atomic E-state index is 13.3. The average Bonchev–Trinajstić information content (AvgIpc) is 2.61. The van der Waals surface area contributed by atoms with Crippen LogP contribution in [-0.2, 0) is 6.18 Å². The molecule has 0 aliphatic carbocycles. The van der Waals surface area contributed by atoms with Crippen LogP contribution in [0.4, 0.5) is 24.9 Å². The van der Waals surface area contributed by atoms with Crippen LogP contribution >= 0.6 is 15.9 Å². The van der Waals surface area contributed by atoms with Crippen molar-refractivity contribution in [3.8, 4) is 0 Å². The van der Waals surface area contributed by atoms with Gasteiger partial charge in [0.1, 0.15) is 5.82 Å². The number of aromatic nitrogens is 3. The van der Waals surface area contributed by atoms with Gasteiger partial charge in [-0.1, -0.05) is 0 Å². The third kappa shape index (κ3) is 4.08. The Labute approximate surface area is 158 Å². The van der Waals surface area contributed by atoms with Crippen molar-refractivity contribution in [1.29, 1.82) is 0 Å². The molecular weight excluding hydrogens is 411 g/mol. The Morgan fingerprint density at radius 3 is 2.31 bits per heavy atom. The second-order valence-electron chi connectivity index (χ2n) is 6.41. The Kier molecular flexibility index (Phi) is 5.36. The Balaban J connectivity index is 1.72. The normalized spacial score (nSPS) is 16.0. The molecular formula is C17H19BrF3N5. The van der Waals surface area contributed by atoms with Gasteiger partial charge in [-0.25, -0.2) is 15.0 Å². The molecule has 1 saturated heterocycles. The number of rotatable bonds is 3. The Morgan fingerprint density at radius 2 is 1.73 bits per heavy atom. The molecule has 1 aliphatic rings. The monoisotopic (exact) mass is 429 g/mol. The molecule has 1 fully saturated rings. The first-order valence-corrected chi connectivity index (χ1v) is 9.04. The number of piperidine rings is 1. The van der Waals surface area contributed by atoms with Gasteiger partial charge >= 0.3 is 6.18 Å². The summed E-state index contributed by atoms with van der Waals surface area (Å²) in [6.07, 6.45) is 1.91. The van der Waals surface area contributed by atoms with Gasteiger partial charge < -0.3 is 9.80 Å². The first kappa shape index (κ1) is 18.9. The molecule has 0 aromatic carbocycles. The minimum atomic E-state index is -4.44. The number of hydrogen-bond acceptors (Lipinski definition) is 5. The standard InChI is InChI=1S/C17H19BrF3N5/c1-11-8-23-16(24-9-11)25(2)13-3-5-26(6-4-13)15-14(17(19,20)21)7-12(18)10-22-15/h7-10,13H,3-6H2,1-2H3. The van der Waals surface area contributed by atoms with Gasteiger partial charge in [0, 0.05) is 49.2 Å². The molecule has 0 atom stereocenters. The van der Waals surface area contributed by atoms with Crippen molar-refractivity contribution in [3.63, 3.8) is 0 Å². The molecule has 1 aliphatic heterocycles. The van der Waals surface area contributed by atoms with E-state index in [1.807, 2.05) is 18.9 Å². The van der Waals surface area contributed by atoms with Crippen molar-refractivity contribution < 1.29 is 13.2 Å². The summed E-state index contributed by atoms with van der Waals surface area (Å²) in [5.74, 6) is 0.625. The van der Waals surface area contributed by atoms with Crippen molar-refractivity contribution in [2.24, 2.45) is 0 Å². The molecule has 2 aromatic rings. The minimum Gasteiger partial charge on any atom is -0.356 e. The highest BCUT2D eigenvalue weighted by Gasteiger charge is 2.37. The molecule has 0 N–H and O–H groups in total. The zero-order valence-corrected chi connectivity index (χ0v) is 16.0. The van der Waals surface area contributed by atoms with Crippen LogP contribution in [-0.4, -0.2) is 41.1 Å². The van der Waals surface area contributed by atoms with Crippen LogP contribution in [0.15, 0.2) is 29.1 Å². The van der Waals surface area contributed by atoms with Crippen molar-refractivity contribution in [2.75, 3.05) is 29.9 Å². The number of anilines is 2. The summed E-state index contributed by atoms with van der Waals surface area (Å²) in [7, 11) is 1.92. The lowest BCUT2D eigenvalue weighted by molar-refractivity contribution is -0.137. The van der Waals surface area contributed by atoms with Crippen molar-refractivity contribution in [1.82, 2.24) is 15.0 Å². The average molecular weight is 430 g/mol. The van der Waals surface area contributed by atoms with Gasteiger partial charge in [-0.2, -0.15) is 13.2 Å². The molecule has 26 heavy (non-hydrogen) atoms. The predicted molar refractivity (Wildman–Crippen MR) is 97.3 cm³/mol. The third-order valence-electron chi connectivity index (χ3n) is 4.53. The van der Waals surface area contributed by atoms with Crippen LogP contribution in [0.3, 0.4) is 0 Å². The van der Waals surface area contributed by atoms with Crippen LogP contribution in [0.2, 0.25) is 0 Å². The molecule has 9 heteroatoms. The third-order valence-corrected chi connectivity index (χ3v) is 4.97. The zero-order chi connectivity index (χ0) is 18.9. The lowest BCUT2D eigenvalue weighted by Crippen LogP contribution is -2.44. The molecule has 140 valence electrons. The van der Waals surface area contributed by atoms with Crippen molar-refractivity contribution in [2.45, 2.75) is 32.0 Å². The summed E-state index contributed by atoms with van der Waals surface area (Å²) in [6, 6.07) is 1.26. The topological polar surface area (TPSA) is 45.2 Å². The summed E-state index contributed by atoms with van der Waals surface area (Å²) in [5.41, 5.74) is 0.276. The second-order valence-corrected chi connectivity index (χ2v) is 7.33. The zero-order valence-electron chi connectivity index (χ0n) is 14.5. The van der Waals surface area contributed by atoms with Gasteiger partial charge in [-0.3, -0.25) is 0 Å². The highest BCUT2D eigenvalue weighted by molar-refractivity contribution is 9.10. The molecule has 3 heterocycles. The highest BCUT2D eigenvalue weighted by atomic mass is 79.9. The molecule has 0 spiro atoms. The maximum absolute atomic E-state index is 13.3. The highest BCUT2D eigenvalue weighted by Crippen LogP contribution is 2.37. The fourth-order valence-electron chi connectivity index (χ4n) is 3.09. The molecule has 0 bridgehead atoms. The van der Waals surface area contributed by atoms with E-state index in [4.69, 9.17) is 0 Å². The summed E-state index contributed by atoms with van der Waals surface area (Å²) < 4.78 is 40.3. The number of alkyl halides is 3. The van der Waals surface area contributed by atoms with E-state index < -0.39 is 11.7 Å². The van der Waals surface area contributed by atoms with Gasteiger partial charge in [-0.05, 0) is 47.3 Å². The Bertz CT molecular complexity index is 758. The van der Waals surface area contributed by atoms with E-state index >= 15 is 0 Å². The van der Waals surface area contributed by atoms with E-state index in [2.05, 4.69) is 30.9 Å². The molecule has 2 aromatic heterocycles. The Morgan fingerprint density at radius 1 is 1.12 bits per heavy atom. The fourth-order valence-corrected chi connectivity index (χ4v) is 3.42. The predicted octanol–water partition coefficient (Wildman–Crippen LogP) is 4.07. The lowest BCUT2D eigenvalue weighted by Gasteiger charge is -2.38. The molecule has 0 amide bonds. The Hall–Kier alpha value is -1.90. The summed E-state index contributed by atoms with van der Waals surface area (Å²) in [4.78, 5) is 16.4. The first-order chi connectivity index (χ1) is 12.3. The van der Waals surface area contributed by atoms with Crippen molar-refractivity contribution in [3.05, 3.63) is 40.3 Å². The summed E-state index contributed by atoms with van der Waals surface area (Å²) in [6.45, 7) is 2.92. The first-order valence-electron chi connectivity index (χ1n) is 8.25. The number of pyridine rings is 1. The number of halogens is 4. The SMILES string of the molecule is Cc1cnc(N(C)C2CCN(c3ncc(Br)cc3C(F)(F)F)CC2)nc1. The van der Waals surface area contributed by atoms with Crippen LogP contribution in [0.25, 0.3) is 0 Å².